The third kappa shape index (κ3) is 2.01. The van der Waals surface area contributed by atoms with Crippen molar-refractivity contribution in [3.63, 3.8) is 0 Å². The molecule has 0 aliphatic rings. The minimum atomic E-state index is 0.350. The molecule has 11 heavy (non-hydrogen) atoms. The van der Waals surface area contributed by atoms with Crippen LogP contribution in [0.25, 0.3) is 0 Å². The summed E-state index contributed by atoms with van der Waals surface area (Å²) in [7, 11) is 0. The molecular weight excluding hydrogens is 142 g/mol. The molecule has 1 rings (SSSR count). The predicted octanol–water partition coefficient (Wildman–Crippen LogP) is 1.41. The van der Waals surface area contributed by atoms with E-state index >= 15 is 0 Å². The normalized spacial score (nSPS) is 9.18. The van der Waals surface area contributed by atoms with E-state index in [0.717, 1.165) is 5.69 Å². The van der Waals surface area contributed by atoms with Gasteiger partial charge in [0.25, 0.3) is 0 Å². The SMILES string of the molecule is NCNc1cccc(N=O)c1. The molecule has 58 valence electrons. The molecule has 1 aromatic carbocycles. The van der Waals surface area contributed by atoms with E-state index in [1.165, 1.54) is 0 Å². The number of nitrogens with two attached hydrogens (primary N) is 1. The van der Waals surface area contributed by atoms with Crippen molar-refractivity contribution >= 4 is 11.4 Å². The first kappa shape index (κ1) is 7.68. The van der Waals surface area contributed by atoms with Crippen molar-refractivity contribution in [2.24, 2.45) is 10.9 Å². The second-order valence-corrected chi connectivity index (χ2v) is 2.02. The van der Waals surface area contributed by atoms with Gasteiger partial charge in [0, 0.05) is 5.69 Å². The fourth-order valence-electron chi connectivity index (χ4n) is 0.791. The lowest BCUT2D eigenvalue weighted by molar-refractivity contribution is 1.14. The van der Waals surface area contributed by atoms with E-state index < -0.39 is 0 Å². The van der Waals surface area contributed by atoms with Gasteiger partial charge in [0.15, 0.2) is 0 Å². The summed E-state index contributed by atoms with van der Waals surface area (Å²) in [5.74, 6) is 0. The van der Waals surface area contributed by atoms with Crippen LogP contribution >= 0.6 is 0 Å². The molecule has 0 fully saturated rings. The summed E-state index contributed by atoms with van der Waals surface area (Å²) in [6.07, 6.45) is 0. The van der Waals surface area contributed by atoms with Crippen molar-refractivity contribution in [1.82, 2.24) is 0 Å². The Morgan fingerprint density at radius 1 is 1.55 bits per heavy atom. The van der Waals surface area contributed by atoms with Crippen LogP contribution < -0.4 is 11.1 Å². The quantitative estimate of drug-likeness (QED) is 0.507. The Morgan fingerprint density at radius 3 is 3.00 bits per heavy atom. The third-order valence-electron chi connectivity index (χ3n) is 1.26. The van der Waals surface area contributed by atoms with Crippen LogP contribution in [0.2, 0.25) is 0 Å². The van der Waals surface area contributed by atoms with E-state index in [1.807, 2.05) is 6.07 Å². The lowest BCUT2D eigenvalue weighted by atomic mass is 10.3. The summed E-state index contributed by atoms with van der Waals surface area (Å²) in [4.78, 5) is 10.1. The zero-order valence-corrected chi connectivity index (χ0v) is 5.95. The van der Waals surface area contributed by atoms with Crippen molar-refractivity contribution in [2.45, 2.75) is 0 Å². The monoisotopic (exact) mass is 151 g/mol. The Balaban J connectivity index is 2.82. The van der Waals surface area contributed by atoms with Crippen LogP contribution in [-0.4, -0.2) is 6.67 Å². The number of nitrogens with zero attached hydrogens (tertiary/aromatic N) is 1. The molecule has 4 nitrogen and oxygen atoms in total. The molecule has 0 aliphatic heterocycles. The van der Waals surface area contributed by atoms with Crippen molar-refractivity contribution in [1.29, 1.82) is 0 Å². The highest BCUT2D eigenvalue weighted by atomic mass is 16.3. The summed E-state index contributed by atoms with van der Waals surface area (Å²) >= 11 is 0. The van der Waals surface area contributed by atoms with Gasteiger partial charge in [0.2, 0.25) is 0 Å². The molecule has 0 aliphatic carbocycles. The lowest BCUT2D eigenvalue weighted by Gasteiger charge is -2.00. The van der Waals surface area contributed by atoms with E-state index in [-0.39, 0.29) is 0 Å². The van der Waals surface area contributed by atoms with Gasteiger partial charge in [-0.25, -0.2) is 0 Å². The van der Waals surface area contributed by atoms with Crippen molar-refractivity contribution < 1.29 is 0 Å². The summed E-state index contributed by atoms with van der Waals surface area (Å²) in [6, 6.07) is 6.84. The van der Waals surface area contributed by atoms with Crippen molar-refractivity contribution in [3.8, 4) is 0 Å². The van der Waals surface area contributed by atoms with Gasteiger partial charge in [0.1, 0.15) is 5.69 Å². The smallest absolute Gasteiger partial charge is 0.110 e. The van der Waals surface area contributed by atoms with Crippen molar-refractivity contribution in [3.05, 3.63) is 29.2 Å². The minimum Gasteiger partial charge on any atom is -0.373 e. The van der Waals surface area contributed by atoms with Crippen LogP contribution in [-0.2, 0) is 0 Å². The maximum absolute atomic E-state index is 10.1. The van der Waals surface area contributed by atoms with Gasteiger partial charge in [-0.15, -0.1) is 4.91 Å². The van der Waals surface area contributed by atoms with E-state index in [2.05, 4.69) is 10.5 Å². The fraction of sp³-hybridized carbons (Fsp3) is 0.143. The summed E-state index contributed by atoms with van der Waals surface area (Å²) < 4.78 is 0. The molecule has 0 amide bonds. The van der Waals surface area contributed by atoms with Crippen LogP contribution in [0, 0.1) is 4.91 Å². The standard InChI is InChI=1S/C7H9N3O/c8-5-9-6-2-1-3-7(4-6)10-11/h1-4,9H,5,8H2. The Labute approximate surface area is 64.4 Å². The maximum Gasteiger partial charge on any atom is 0.110 e. The number of rotatable bonds is 3. The highest BCUT2D eigenvalue weighted by molar-refractivity contribution is 5.53. The van der Waals surface area contributed by atoms with Crippen LogP contribution in [0.5, 0.6) is 0 Å². The number of nitrogens with one attached hydrogen (secondary N) is 1. The molecule has 0 unspecified atom stereocenters. The molecule has 1 aromatic rings. The van der Waals surface area contributed by atoms with Crippen molar-refractivity contribution in [2.75, 3.05) is 12.0 Å². The van der Waals surface area contributed by atoms with Gasteiger partial charge in [-0.2, -0.15) is 0 Å². The first-order valence-corrected chi connectivity index (χ1v) is 3.24. The molecular formula is C7H9N3O. The summed E-state index contributed by atoms with van der Waals surface area (Å²) in [6.45, 7) is 0.350. The van der Waals surface area contributed by atoms with E-state index in [9.17, 15) is 4.91 Å². The molecule has 0 heterocycles. The van der Waals surface area contributed by atoms with Crippen LogP contribution in [0.4, 0.5) is 11.4 Å². The molecule has 0 bridgehead atoms. The van der Waals surface area contributed by atoms with Crippen LogP contribution in [0.3, 0.4) is 0 Å². The number of hydrogen-bond donors (Lipinski definition) is 2. The zero-order valence-electron chi connectivity index (χ0n) is 5.95. The highest BCUT2D eigenvalue weighted by Crippen LogP contribution is 2.16. The number of benzene rings is 1. The van der Waals surface area contributed by atoms with Crippen LogP contribution in [0.15, 0.2) is 29.4 Å². The first-order chi connectivity index (χ1) is 5.36. The number of anilines is 1. The highest BCUT2D eigenvalue weighted by Gasteiger charge is 1.92. The third-order valence-corrected chi connectivity index (χ3v) is 1.26. The molecule has 0 atom stereocenters. The van der Waals surface area contributed by atoms with Gasteiger partial charge >= 0.3 is 0 Å². The van der Waals surface area contributed by atoms with Gasteiger partial charge < -0.3 is 11.1 Å². The lowest BCUT2D eigenvalue weighted by Crippen LogP contribution is -2.10. The molecule has 0 spiro atoms. The van der Waals surface area contributed by atoms with Gasteiger partial charge in [0.05, 0.1) is 6.67 Å². The molecule has 0 saturated carbocycles. The van der Waals surface area contributed by atoms with E-state index in [1.54, 1.807) is 18.2 Å². The molecule has 4 heteroatoms. The average Bonchev–Trinajstić information content (AvgIpc) is 2.06. The maximum atomic E-state index is 10.1. The Bertz CT molecular complexity index is 249. The molecule has 3 N–H and O–H groups in total. The van der Waals surface area contributed by atoms with E-state index in [4.69, 9.17) is 5.73 Å². The second kappa shape index (κ2) is 3.68. The fourth-order valence-corrected chi connectivity index (χ4v) is 0.791. The molecule has 0 radical (unpaired) electrons. The number of nitroso groups, excluding NO2 is 1. The Hall–Kier alpha value is -1.42. The zero-order chi connectivity index (χ0) is 8.10. The predicted molar refractivity (Wildman–Crippen MR) is 44.6 cm³/mol. The largest absolute Gasteiger partial charge is 0.373 e. The van der Waals surface area contributed by atoms with Gasteiger partial charge in [-0.1, -0.05) is 6.07 Å². The average molecular weight is 151 g/mol. The summed E-state index contributed by atoms with van der Waals surface area (Å²) in [5, 5.41) is 5.64. The first-order valence-electron chi connectivity index (χ1n) is 3.24. The van der Waals surface area contributed by atoms with E-state index in [0.29, 0.717) is 12.4 Å². The molecule has 0 aromatic heterocycles. The topological polar surface area (TPSA) is 67.5 Å². The van der Waals surface area contributed by atoms with Gasteiger partial charge in [-0.05, 0) is 23.4 Å². The van der Waals surface area contributed by atoms with Crippen LogP contribution in [0.1, 0.15) is 0 Å². The van der Waals surface area contributed by atoms with Gasteiger partial charge in [-0.3, -0.25) is 0 Å². The summed E-state index contributed by atoms with van der Waals surface area (Å²) in [5.41, 5.74) is 6.45. The Kier molecular flexibility index (Phi) is 2.57. The molecule has 0 saturated heterocycles. The second-order valence-electron chi connectivity index (χ2n) is 2.02. The minimum absolute atomic E-state index is 0.350. The Morgan fingerprint density at radius 2 is 2.36 bits per heavy atom. The number of hydrogen-bond acceptors (Lipinski definition) is 4.